The number of hydrazone groups is 1. The summed E-state index contributed by atoms with van der Waals surface area (Å²) in [5.74, 6) is 0.320. The zero-order valence-corrected chi connectivity index (χ0v) is 16.9. The maximum atomic E-state index is 11.9. The molecule has 0 spiro atoms. The number of carbonyl (C=O) groups is 1. The number of nitrogens with zero attached hydrogens (tertiary/aromatic N) is 1. The maximum Gasteiger partial charge on any atom is 0.240 e. The number of nitrogens with one attached hydrogen (secondary N) is 1. The van der Waals surface area contributed by atoms with Gasteiger partial charge < -0.3 is 4.74 Å². The second kappa shape index (κ2) is 10.0. The predicted octanol–water partition coefficient (Wildman–Crippen LogP) is 6.00. The lowest BCUT2D eigenvalue weighted by atomic mass is 10.1. The van der Waals surface area contributed by atoms with Crippen LogP contribution in [0.2, 0.25) is 20.1 Å². The van der Waals surface area contributed by atoms with E-state index < -0.39 is 0 Å². The molecule has 0 saturated heterocycles. The Bertz CT molecular complexity index is 825. The molecule has 1 amide bonds. The quantitative estimate of drug-likeness (QED) is 0.330. The molecule has 0 heterocycles. The van der Waals surface area contributed by atoms with Crippen molar-refractivity contribution in [3.05, 3.63) is 62.1 Å². The molecule has 0 radical (unpaired) electrons. The van der Waals surface area contributed by atoms with E-state index in [0.717, 1.165) is 5.56 Å². The molecular weight excluding hydrogens is 418 g/mol. The summed E-state index contributed by atoms with van der Waals surface area (Å²) in [5.41, 5.74) is 3.91. The van der Waals surface area contributed by atoms with Crippen molar-refractivity contribution in [3.8, 4) is 5.75 Å². The van der Waals surface area contributed by atoms with Crippen molar-refractivity contribution in [2.75, 3.05) is 6.61 Å². The molecule has 0 unspecified atom stereocenters. The molecule has 1 N–H and O–H groups in total. The van der Waals surface area contributed by atoms with Gasteiger partial charge in [-0.15, -0.1) is 0 Å². The topological polar surface area (TPSA) is 50.7 Å². The summed E-state index contributed by atoms with van der Waals surface area (Å²) in [6, 6.07) is 10.1. The average Bonchev–Trinajstić information content (AvgIpc) is 2.60. The first kappa shape index (κ1) is 20.8. The summed E-state index contributed by atoms with van der Waals surface area (Å²) in [7, 11) is 0. The van der Waals surface area contributed by atoms with Crippen molar-refractivity contribution in [1.29, 1.82) is 0 Å². The first-order chi connectivity index (χ1) is 12.4. The van der Waals surface area contributed by atoms with Crippen LogP contribution in [0.5, 0.6) is 5.75 Å². The van der Waals surface area contributed by atoms with Gasteiger partial charge in [0.05, 0.1) is 27.4 Å². The Morgan fingerprint density at radius 2 is 1.81 bits per heavy atom. The van der Waals surface area contributed by atoms with E-state index in [-0.39, 0.29) is 12.3 Å². The normalized spacial score (nSPS) is 11.3. The standard InChI is InChI=1S/C18H16Cl4N2O2/c1-11(12-4-6-14(20)15(21)9-12)23-24-18(25)3-2-8-26-17-7-5-13(19)10-16(17)22/h4-7,9-10H,2-3,8H2,1H3,(H,24,25)/b23-11+. The van der Waals surface area contributed by atoms with Gasteiger partial charge in [-0.05, 0) is 49.2 Å². The van der Waals surface area contributed by atoms with E-state index >= 15 is 0 Å². The van der Waals surface area contributed by atoms with Gasteiger partial charge in [-0.2, -0.15) is 5.10 Å². The van der Waals surface area contributed by atoms with Crippen LogP contribution in [0, 0.1) is 0 Å². The number of rotatable bonds is 7. The average molecular weight is 434 g/mol. The van der Waals surface area contributed by atoms with E-state index in [4.69, 9.17) is 51.1 Å². The fraction of sp³-hybridized carbons (Fsp3) is 0.222. The SMILES string of the molecule is C/C(=N\NC(=O)CCCOc1ccc(Cl)cc1Cl)c1ccc(Cl)c(Cl)c1. The Kier molecular flexibility index (Phi) is 8.04. The number of hydrogen-bond acceptors (Lipinski definition) is 3. The van der Waals surface area contributed by atoms with Gasteiger partial charge in [0.1, 0.15) is 5.75 Å². The van der Waals surface area contributed by atoms with Crippen LogP contribution in [0.4, 0.5) is 0 Å². The molecule has 0 aliphatic heterocycles. The minimum absolute atomic E-state index is 0.213. The van der Waals surface area contributed by atoms with Crippen LogP contribution < -0.4 is 10.2 Å². The maximum absolute atomic E-state index is 11.9. The minimum Gasteiger partial charge on any atom is -0.492 e. The highest BCUT2D eigenvalue weighted by Crippen LogP contribution is 2.27. The molecule has 0 aliphatic rings. The highest BCUT2D eigenvalue weighted by molar-refractivity contribution is 6.42. The summed E-state index contributed by atoms with van der Waals surface area (Å²) >= 11 is 23.7. The van der Waals surface area contributed by atoms with Crippen LogP contribution in [0.25, 0.3) is 0 Å². The highest BCUT2D eigenvalue weighted by Gasteiger charge is 2.06. The van der Waals surface area contributed by atoms with Gasteiger partial charge in [0.15, 0.2) is 0 Å². The summed E-state index contributed by atoms with van der Waals surface area (Å²) in [6.07, 6.45) is 0.787. The number of benzene rings is 2. The van der Waals surface area contributed by atoms with E-state index in [1.807, 2.05) is 0 Å². The monoisotopic (exact) mass is 432 g/mol. The van der Waals surface area contributed by atoms with Crippen LogP contribution in [0.15, 0.2) is 41.5 Å². The smallest absolute Gasteiger partial charge is 0.240 e. The van der Waals surface area contributed by atoms with Crippen LogP contribution in [-0.2, 0) is 4.79 Å². The molecule has 0 aromatic heterocycles. The molecule has 4 nitrogen and oxygen atoms in total. The second-order valence-corrected chi connectivity index (χ2v) is 7.05. The number of carbonyl (C=O) groups excluding carboxylic acids is 1. The van der Waals surface area contributed by atoms with Crippen molar-refractivity contribution in [1.82, 2.24) is 5.43 Å². The zero-order chi connectivity index (χ0) is 19.1. The Morgan fingerprint density at radius 3 is 2.50 bits per heavy atom. The number of halogens is 4. The summed E-state index contributed by atoms with van der Waals surface area (Å²) in [6.45, 7) is 2.12. The second-order valence-electron chi connectivity index (χ2n) is 5.39. The van der Waals surface area contributed by atoms with Crippen molar-refractivity contribution >= 4 is 58.0 Å². The van der Waals surface area contributed by atoms with Crippen LogP contribution in [0.1, 0.15) is 25.3 Å². The third-order valence-corrected chi connectivity index (χ3v) is 4.65. The van der Waals surface area contributed by atoms with E-state index in [1.54, 1.807) is 43.3 Å². The van der Waals surface area contributed by atoms with E-state index in [1.165, 1.54) is 0 Å². The molecule has 0 bridgehead atoms. The molecule has 2 rings (SSSR count). The Morgan fingerprint density at radius 1 is 1.04 bits per heavy atom. The molecule has 0 aliphatic carbocycles. The zero-order valence-electron chi connectivity index (χ0n) is 13.9. The van der Waals surface area contributed by atoms with Gasteiger partial charge in [0.2, 0.25) is 5.91 Å². The number of hydrogen-bond donors (Lipinski definition) is 1. The van der Waals surface area contributed by atoms with Crippen molar-refractivity contribution in [2.24, 2.45) is 5.10 Å². The summed E-state index contributed by atoms with van der Waals surface area (Å²) in [4.78, 5) is 11.9. The first-order valence-corrected chi connectivity index (χ1v) is 9.24. The number of amides is 1. The lowest BCUT2D eigenvalue weighted by molar-refractivity contribution is -0.121. The number of ether oxygens (including phenoxy) is 1. The summed E-state index contributed by atoms with van der Waals surface area (Å²) in [5, 5.41) is 5.94. The first-order valence-electron chi connectivity index (χ1n) is 7.73. The fourth-order valence-corrected chi connectivity index (χ4v) is 2.76. The minimum atomic E-state index is -0.213. The van der Waals surface area contributed by atoms with E-state index in [9.17, 15) is 4.79 Å². The van der Waals surface area contributed by atoms with E-state index in [0.29, 0.717) is 44.6 Å². The molecule has 0 saturated carbocycles. The molecular formula is C18H16Cl4N2O2. The fourth-order valence-electron chi connectivity index (χ4n) is 1.99. The third-order valence-electron chi connectivity index (χ3n) is 3.39. The lowest BCUT2D eigenvalue weighted by Gasteiger charge is -2.08. The van der Waals surface area contributed by atoms with Crippen LogP contribution >= 0.6 is 46.4 Å². The molecule has 138 valence electrons. The molecule has 2 aromatic rings. The van der Waals surface area contributed by atoms with E-state index in [2.05, 4.69) is 10.5 Å². The molecule has 0 atom stereocenters. The Balaban J connectivity index is 1.76. The van der Waals surface area contributed by atoms with Gasteiger partial charge in [0.25, 0.3) is 0 Å². The van der Waals surface area contributed by atoms with Crippen molar-refractivity contribution in [3.63, 3.8) is 0 Å². The molecule has 2 aromatic carbocycles. The lowest BCUT2D eigenvalue weighted by Crippen LogP contribution is -2.19. The van der Waals surface area contributed by atoms with Crippen molar-refractivity contribution < 1.29 is 9.53 Å². The molecule has 8 heteroatoms. The summed E-state index contributed by atoms with van der Waals surface area (Å²) < 4.78 is 5.53. The Hall–Kier alpha value is -1.46. The third kappa shape index (κ3) is 6.36. The van der Waals surface area contributed by atoms with Crippen molar-refractivity contribution in [2.45, 2.75) is 19.8 Å². The van der Waals surface area contributed by atoms with Gasteiger partial charge in [-0.3, -0.25) is 4.79 Å². The van der Waals surface area contributed by atoms with Crippen LogP contribution in [0.3, 0.4) is 0 Å². The van der Waals surface area contributed by atoms with Gasteiger partial charge in [-0.1, -0.05) is 52.5 Å². The predicted molar refractivity (Wildman–Crippen MR) is 108 cm³/mol. The largest absolute Gasteiger partial charge is 0.492 e. The Labute approximate surface area is 172 Å². The van der Waals surface area contributed by atoms with Gasteiger partial charge >= 0.3 is 0 Å². The van der Waals surface area contributed by atoms with Crippen LogP contribution in [-0.4, -0.2) is 18.2 Å². The molecule has 0 fully saturated rings. The molecule has 26 heavy (non-hydrogen) atoms. The van der Waals surface area contributed by atoms with Gasteiger partial charge in [-0.25, -0.2) is 5.43 Å². The highest BCUT2D eigenvalue weighted by atomic mass is 35.5. The van der Waals surface area contributed by atoms with Gasteiger partial charge in [0, 0.05) is 11.4 Å².